The van der Waals surface area contributed by atoms with Crippen LogP contribution in [0.5, 0.6) is 0 Å². The summed E-state index contributed by atoms with van der Waals surface area (Å²) in [6, 6.07) is 0. The molecule has 26 heavy (non-hydrogen) atoms. The topological polar surface area (TPSA) is 92.7 Å². The fraction of sp³-hybridized carbons (Fsp3) is 0.526. The van der Waals surface area contributed by atoms with E-state index in [4.69, 9.17) is 4.74 Å². The van der Waals surface area contributed by atoms with Crippen molar-refractivity contribution < 1.29 is 24.2 Å². The van der Waals surface area contributed by atoms with Gasteiger partial charge in [-0.3, -0.25) is 9.59 Å². The van der Waals surface area contributed by atoms with Crippen molar-refractivity contribution in [1.82, 2.24) is 0 Å². The van der Waals surface area contributed by atoms with E-state index >= 15 is 0 Å². The first-order valence-corrected chi connectivity index (χ1v) is 9.59. The quantitative estimate of drug-likeness (QED) is 0.579. The summed E-state index contributed by atoms with van der Waals surface area (Å²) in [7, 11) is 0. The highest BCUT2D eigenvalue weighted by molar-refractivity contribution is 7.16. The molecule has 2 atom stereocenters. The van der Waals surface area contributed by atoms with Gasteiger partial charge in [0, 0.05) is 4.88 Å². The van der Waals surface area contributed by atoms with Crippen LogP contribution in [0.1, 0.15) is 54.4 Å². The molecule has 1 aromatic heterocycles. The van der Waals surface area contributed by atoms with Crippen molar-refractivity contribution in [3.05, 3.63) is 28.2 Å². The van der Waals surface area contributed by atoms with Crippen molar-refractivity contribution in [2.45, 2.75) is 53.1 Å². The molecule has 142 valence electrons. The summed E-state index contributed by atoms with van der Waals surface area (Å²) in [6.07, 6.45) is 4.70. The van der Waals surface area contributed by atoms with Gasteiger partial charge < -0.3 is 15.2 Å². The van der Waals surface area contributed by atoms with Gasteiger partial charge in [0.1, 0.15) is 5.00 Å². The van der Waals surface area contributed by atoms with Crippen molar-refractivity contribution in [3.63, 3.8) is 0 Å². The highest BCUT2D eigenvalue weighted by atomic mass is 32.1. The Morgan fingerprint density at radius 2 is 1.88 bits per heavy atom. The van der Waals surface area contributed by atoms with Gasteiger partial charge in [0.25, 0.3) is 0 Å². The van der Waals surface area contributed by atoms with Crippen molar-refractivity contribution in [2.24, 2.45) is 11.8 Å². The standard InChI is InChI=1S/C19H25NO5S/c1-5-12-11(4)26-17(15(12)19(24)25-10(2)3)20-16(21)13-8-6-7-9-14(13)18(22)23/h6-7,10,13-14H,5,8-9H2,1-4H3,(H,20,21)(H,22,23)/t13-,14+/m0/s1. The Morgan fingerprint density at radius 1 is 1.27 bits per heavy atom. The third-order valence-corrected chi connectivity index (χ3v) is 5.50. The Labute approximate surface area is 157 Å². The third kappa shape index (κ3) is 4.33. The first-order valence-electron chi connectivity index (χ1n) is 8.78. The van der Waals surface area contributed by atoms with Gasteiger partial charge >= 0.3 is 11.9 Å². The average Bonchev–Trinajstić information content (AvgIpc) is 2.89. The predicted octanol–water partition coefficient (Wildman–Crippen LogP) is 3.79. The van der Waals surface area contributed by atoms with Crippen LogP contribution in [0.3, 0.4) is 0 Å². The number of carboxylic acid groups (broad SMARTS) is 1. The Kier molecular flexibility index (Phi) is 6.58. The minimum atomic E-state index is -0.981. The lowest BCUT2D eigenvalue weighted by Gasteiger charge is -2.24. The monoisotopic (exact) mass is 379 g/mol. The summed E-state index contributed by atoms with van der Waals surface area (Å²) < 4.78 is 5.33. The fourth-order valence-electron chi connectivity index (χ4n) is 3.16. The maximum absolute atomic E-state index is 12.7. The van der Waals surface area contributed by atoms with E-state index in [0.717, 1.165) is 10.4 Å². The van der Waals surface area contributed by atoms with Gasteiger partial charge in [-0.1, -0.05) is 19.1 Å². The van der Waals surface area contributed by atoms with E-state index < -0.39 is 23.8 Å². The predicted molar refractivity (Wildman–Crippen MR) is 101 cm³/mol. The molecule has 0 saturated carbocycles. The summed E-state index contributed by atoms with van der Waals surface area (Å²) in [6.45, 7) is 7.38. The molecular formula is C19H25NO5S. The van der Waals surface area contributed by atoms with Crippen LogP contribution in [0.25, 0.3) is 0 Å². The number of carbonyl (C=O) groups is 3. The number of esters is 1. The molecule has 0 unspecified atom stereocenters. The number of rotatable bonds is 6. The lowest BCUT2D eigenvalue weighted by Crippen LogP contribution is -2.34. The number of thiophene rings is 1. The molecule has 0 aliphatic heterocycles. The molecule has 1 aliphatic rings. The van der Waals surface area contributed by atoms with Gasteiger partial charge in [0.05, 0.1) is 23.5 Å². The van der Waals surface area contributed by atoms with Gasteiger partial charge in [-0.05, 0) is 45.6 Å². The van der Waals surface area contributed by atoms with Gasteiger partial charge in [0.15, 0.2) is 0 Å². The van der Waals surface area contributed by atoms with Gasteiger partial charge in [-0.2, -0.15) is 0 Å². The van der Waals surface area contributed by atoms with Gasteiger partial charge in [-0.25, -0.2) is 4.79 Å². The molecule has 1 aliphatic carbocycles. The maximum atomic E-state index is 12.7. The molecule has 0 aromatic carbocycles. The minimum absolute atomic E-state index is 0.268. The number of carbonyl (C=O) groups excluding carboxylic acids is 2. The zero-order valence-electron chi connectivity index (χ0n) is 15.5. The normalized spacial score (nSPS) is 19.4. The van der Waals surface area contributed by atoms with Crippen LogP contribution < -0.4 is 5.32 Å². The van der Waals surface area contributed by atoms with Crippen LogP contribution in [-0.2, 0) is 20.7 Å². The summed E-state index contributed by atoms with van der Waals surface area (Å²) in [4.78, 5) is 37.6. The van der Waals surface area contributed by atoms with E-state index in [1.54, 1.807) is 19.9 Å². The molecule has 1 heterocycles. The highest BCUT2D eigenvalue weighted by Gasteiger charge is 2.35. The number of carboxylic acids is 1. The average molecular weight is 379 g/mol. The van der Waals surface area contributed by atoms with E-state index in [1.807, 2.05) is 19.9 Å². The number of nitrogens with one attached hydrogen (secondary N) is 1. The number of aliphatic carboxylic acids is 1. The molecular weight excluding hydrogens is 354 g/mol. The highest BCUT2D eigenvalue weighted by Crippen LogP contribution is 2.36. The zero-order valence-corrected chi connectivity index (χ0v) is 16.3. The van der Waals surface area contributed by atoms with E-state index in [2.05, 4.69) is 5.32 Å². The smallest absolute Gasteiger partial charge is 0.341 e. The molecule has 0 bridgehead atoms. The van der Waals surface area contributed by atoms with Crippen LogP contribution >= 0.6 is 11.3 Å². The largest absolute Gasteiger partial charge is 0.481 e. The van der Waals surface area contributed by atoms with E-state index in [9.17, 15) is 19.5 Å². The van der Waals surface area contributed by atoms with Crippen molar-refractivity contribution in [3.8, 4) is 0 Å². The minimum Gasteiger partial charge on any atom is -0.481 e. The summed E-state index contributed by atoms with van der Waals surface area (Å²) in [5, 5.41) is 12.6. The number of hydrogen-bond acceptors (Lipinski definition) is 5. The number of ether oxygens (including phenoxy) is 1. The number of anilines is 1. The molecule has 0 radical (unpaired) electrons. The third-order valence-electron chi connectivity index (χ3n) is 4.43. The summed E-state index contributed by atoms with van der Waals surface area (Å²) in [5.41, 5.74) is 1.24. The molecule has 6 nitrogen and oxygen atoms in total. The van der Waals surface area contributed by atoms with Crippen molar-refractivity contribution >= 4 is 34.2 Å². The maximum Gasteiger partial charge on any atom is 0.341 e. The molecule has 1 aromatic rings. The van der Waals surface area contributed by atoms with Crippen molar-refractivity contribution in [1.29, 1.82) is 0 Å². The molecule has 2 rings (SSSR count). The van der Waals surface area contributed by atoms with Crippen LogP contribution in [-0.4, -0.2) is 29.1 Å². The Bertz CT molecular complexity index is 735. The second-order valence-corrected chi connectivity index (χ2v) is 7.86. The second-order valence-electron chi connectivity index (χ2n) is 6.63. The Hall–Kier alpha value is -2.15. The first-order chi connectivity index (χ1) is 12.3. The molecule has 1 amide bonds. The number of amides is 1. The number of aryl methyl sites for hydroxylation is 1. The first kappa shape index (κ1) is 20.2. The Morgan fingerprint density at radius 3 is 2.42 bits per heavy atom. The van der Waals surface area contributed by atoms with Gasteiger partial charge in [0.2, 0.25) is 5.91 Å². The molecule has 2 N–H and O–H groups in total. The van der Waals surface area contributed by atoms with Crippen LogP contribution in [0.2, 0.25) is 0 Å². The summed E-state index contributed by atoms with van der Waals surface area (Å²) in [5.74, 6) is -3.22. The second kappa shape index (κ2) is 8.49. The Balaban J connectivity index is 2.31. The van der Waals surface area contributed by atoms with E-state index in [0.29, 0.717) is 29.8 Å². The van der Waals surface area contributed by atoms with Crippen LogP contribution in [0.15, 0.2) is 12.2 Å². The zero-order chi connectivity index (χ0) is 19.4. The van der Waals surface area contributed by atoms with E-state index in [-0.39, 0.29) is 12.0 Å². The lowest BCUT2D eigenvalue weighted by atomic mass is 9.82. The van der Waals surface area contributed by atoms with Gasteiger partial charge in [-0.15, -0.1) is 11.3 Å². The lowest BCUT2D eigenvalue weighted by molar-refractivity contribution is -0.146. The molecule has 0 fully saturated rings. The van der Waals surface area contributed by atoms with E-state index in [1.165, 1.54) is 11.3 Å². The molecule has 0 spiro atoms. The number of allylic oxidation sites excluding steroid dienone is 2. The number of hydrogen-bond donors (Lipinski definition) is 2. The summed E-state index contributed by atoms with van der Waals surface area (Å²) >= 11 is 1.32. The van der Waals surface area contributed by atoms with Crippen LogP contribution in [0, 0.1) is 18.8 Å². The van der Waals surface area contributed by atoms with Crippen LogP contribution in [0.4, 0.5) is 5.00 Å². The molecule has 0 saturated heterocycles. The van der Waals surface area contributed by atoms with Crippen molar-refractivity contribution in [2.75, 3.05) is 5.32 Å². The fourth-order valence-corrected chi connectivity index (χ4v) is 4.30. The SMILES string of the molecule is CCc1c(C)sc(NC(=O)[C@H]2CC=CC[C@H]2C(=O)O)c1C(=O)OC(C)C. The molecule has 7 heteroatoms.